The molecular formula is C19H19N3O2S. The van der Waals surface area contributed by atoms with E-state index in [4.69, 9.17) is 4.74 Å². The molecule has 1 amide bonds. The van der Waals surface area contributed by atoms with E-state index in [-0.39, 0.29) is 5.91 Å². The lowest BCUT2D eigenvalue weighted by molar-refractivity contribution is -0.122. The number of hydrogen-bond acceptors (Lipinski definition) is 5. The van der Waals surface area contributed by atoms with Gasteiger partial charge in [-0.25, -0.2) is 0 Å². The van der Waals surface area contributed by atoms with E-state index < -0.39 is 6.10 Å². The number of para-hydroxylation sites is 1. The molecule has 0 saturated heterocycles. The van der Waals surface area contributed by atoms with Crippen LogP contribution in [0.4, 0.5) is 5.13 Å². The van der Waals surface area contributed by atoms with Crippen molar-refractivity contribution < 1.29 is 9.53 Å². The van der Waals surface area contributed by atoms with Gasteiger partial charge in [0, 0.05) is 5.56 Å². The van der Waals surface area contributed by atoms with Crippen molar-refractivity contribution in [2.75, 3.05) is 5.32 Å². The Balaban J connectivity index is 1.68. The Morgan fingerprint density at radius 2 is 1.84 bits per heavy atom. The average Bonchev–Trinajstić information content (AvgIpc) is 3.10. The van der Waals surface area contributed by atoms with Crippen LogP contribution in [0.25, 0.3) is 10.6 Å². The fourth-order valence-electron chi connectivity index (χ4n) is 2.32. The van der Waals surface area contributed by atoms with Gasteiger partial charge in [-0.05, 0) is 25.0 Å². The number of aryl methyl sites for hydroxylation is 1. The Bertz CT molecular complexity index is 849. The molecule has 3 aromatic rings. The summed E-state index contributed by atoms with van der Waals surface area (Å²) in [4.78, 5) is 12.5. The highest BCUT2D eigenvalue weighted by Gasteiger charge is 2.21. The number of nitrogens with zero attached hydrogens (tertiary/aromatic N) is 2. The van der Waals surface area contributed by atoms with E-state index in [9.17, 15) is 4.79 Å². The summed E-state index contributed by atoms with van der Waals surface area (Å²) in [6.07, 6.45) is -0.0185. The lowest BCUT2D eigenvalue weighted by Gasteiger charge is -2.17. The molecule has 0 bridgehead atoms. The Kier molecular flexibility index (Phi) is 5.40. The molecule has 6 heteroatoms. The van der Waals surface area contributed by atoms with E-state index in [1.54, 1.807) is 0 Å². The van der Waals surface area contributed by atoms with Crippen LogP contribution < -0.4 is 10.1 Å². The van der Waals surface area contributed by atoms with Crippen molar-refractivity contribution in [2.45, 2.75) is 26.4 Å². The number of ether oxygens (including phenoxy) is 1. The van der Waals surface area contributed by atoms with Crippen molar-refractivity contribution in [1.82, 2.24) is 10.2 Å². The van der Waals surface area contributed by atoms with Gasteiger partial charge in [-0.1, -0.05) is 66.8 Å². The highest BCUT2D eigenvalue weighted by atomic mass is 32.1. The molecule has 25 heavy (non-hydrogen) atoms. The number of aromatic nitrogens is 2. The summed E-state index contributed by atoms with van der Waals surface area (Å²) in [6.45, 7) is 3.87. The first kappa shape index (κ1) is 17.1. The third-order valence-corrected chi connectivity index (χ3v) is 4.59. The van der Waals surface area contributed by atoms with Gasteiger partial charge in [-0.15, -0.1) is 10.2 Å². The minimum absolute atomic E-state index is 0.221. The third kappa shape index (κ3) is 4.22. The summed E-state index contributed by atoms with van der Waals surface area (Å²) in [7, 11) is 0. The molecule has 3 rings (SSSR count). The van der Waals surface area contributed by atoms with Crippen LogP contribution >= 0.6 is 11.3 Å². The van der Waals surface area contributed by atoms with Gasteiger partial charge in [0.15, 0.2) is 6.10 Å². The quantitative estimate of drug-likeness (QED) is 0.717. The van der Waals surface area contributed by atoms with Crippen LogP contribution in [0.5, 0.6) is 5.75 Å². The van der Waals surface area contributed by atoms with E-state index in [0.717, 1.165) is 16.1 Å². The van der Waals surface area contributed by atoms with Crippen LogP contribution in [-0.2, 0) is 4.79 Å². The van der Waals surface area contributed by atoms with Gasteiger partial charge in [-0.3, -0.25) is 10.1 Å². The molecule has 0 aliphatic carbocycles. The van der Waals surface area contributed by atoms with Crippen molar-refractivity contribution >= 4 is 22.4 Å². The first-order valence-corrected chi connectivity index (χ1v) is 8.91. The first-order valence-electron chi connectivity index (χ1n) is 8.09. The van der Waals surface area contributed by atoms with Crippen molar-refractivity contribution in [3.63, 3.8) is 0 Å². The summed E-state index contributed by atoms with van der Waals surface area (Å²) in [5, 5.41) is 12.2. The Morgan fingerprint density at radius 1 is 1.12 bits per heavy atom. The van der Waals surface area contributed by atoms with Crippen LogP contribution in [0.15, 0.2) is 54.6 Å². The van der Waals surface area contributed by atoms with Gasteiger partial charge >= 0.3 is 0 Å². The molecule has 0 aliphatic heterocycles. The smallest absolute Gasteiger partial charge is 0.267 e. The zero-order chi connectivity index (χ0) is 17.6. The first-order chi connectivity index (χ1) is 12.2. The number of amides is 1. The highest BCUT2D eigenvalue weighted by Crippen LogP contribution is 2.26. The van der Waals surface area contributed by atoms with E-state index in [0.29, 0.717) is 17.3 Å². The number of nitrogens with one attached hydrogen (secondary N) is 1. The molecule has 0 fully saturated rings. The third-order valence-electron chi connectivity index (χ3n) is 3.70. The summed E-state index contributed by atoms with van der Waals surface area (Å²) >= 11 is 1.34. The molecular weight excluding hydrogens is 334 g/mol. The summed E-state index contributed by atoms with van der Waals surface area (Å²) in [5.41, 5.74) is 1.97. The molecule has 0 saturated carbocycles. The van der Waals surface area contributed by atoms with Gasteiger partial charge < -0.3 is 4.74 Å². The summed E-state index contributed by atoms with van der Waals surface area (Å²) < 4.78 is 5.86. The minimum Gasteiger partial charge on any atom is -0.480 e. The molecule has 2 aromatic carbocycles. The van der Waals surface area contributed by atoms with Gasteiger partial charge in [-0.2, -0.15) is 0 Å². The normalized spacial score (nSPS) is 11.8. The van der Waals surface area contributed by atoms with Gasteiger partial charge in [0.25, 0.3) is 5.91 Å². The monoisotopic (exact) mass is 353 g/mol. The van der Waals surface area contributed by atoms with Crippen molar-refractivity contribution in [2.24, 2.45) is 0 Å². The SMILES string of the molecule is CC[C@H](Oc1ccccc1C)C(=O)Nc1nnc(-c2ccccc2)s1. The van der Waals surface area contributed by atoms with Crippen LogP contribution in [0, 0.1) is 6.92 Å². The van der Waals surface area contributed by atoms with Gasteiger partial charge in [0.2, 0.25) is 5.13 Å². The second-order valence-electron chi connectivity index (χ2n) is 5.55. The minimum atomic E-state index is -0.579. The van der Waals surface area contributed by atoms with Crippen molar-refractivity contribution in [3.8, 4) is 16.3 Å². The van der Waals surface area contributed by atoms with Crippen LogP contribution in [-0.4, -0.2) is 22.2 Å². The number of rotatable bonds is 6. The zero-order valence-corrected chi connectivity index (χ0v) is 14.9. The maximum absolute atomic E-state index is 12.5. The fraction of sp³-hybridized carbons (Fsp3) is 0.211. The lowest BCUT2D eigenvalue weighted by atomic mass is 10.2. The lowest BCUT2D eigenvalue weighted by Crippen LogP contribution is -2.32. The molecule has 5 nitrogen and oxygen atoms in total. The molecule has 0 aliphatic rings. The Labute approximate surface area is 150 Å². The second kappa shape index (κ2) is 7.90. The maximum atomic E-state index is 12.5. The number of carbonyl (C=O) groups excluding carboxylic acids is 1. The molecule has 0 unspecified atom stereocenters. The maximum Gasteiger partial charge on any atom is 0.267 e. The summed E-state index contributed by atoms with van der Waals surface area (Å²) in [5.74, 6) is 0.494. The van der Waals surface area contributed by atoms with Gasteiger partial charge in [0.1, 0.15) is 10.8 Å². The number of anilines is 1. The van der Waals surface area contributed by atoms with E-state index in [2.05, 4.69) is 15.5 Å². The van der Waals surface area contributed by atoms with Crippen LogP contribution in [0.1, 0.15) is 18.9 Å². The fourth-order valence-corrected chi connectivity index (χ4v) is 3.07. The van der Waals surface area contributed by atoms with E-state index in [1.165, 1.54) is 11.3 Å². The predicted octanol–water partition coefficient (Wildman–Crippen LogP) is 4.31. The number of carbonyl (C=O) groups is 1. The topological polar surface area (TPSA) is 64.1 Å². The van der Waals surface area contributed by atoms with E-state index in [1.807, 2.05) is 68.4 Å². The van der Waals surface area contributed by atoms with E-state index >= 15 is 0 Å². The molecule has 1 aromatic heterocycles. The van der Waals surface area contributed by atoms with Crippen LogP contribution in [0.2, 0.25) is 0 Å². The molecule has 0 radical (unpaired) electrons. The zero-order valence-electron chi connectivity index (χ0n) is 14.1. The largest absolute Gasteiger partial charge is 0.480 e. The molecule has 1 N–H and O–H groups in total. The number of hydrogen-bond donors (Lipinski definition) is 1. The Morgan fingerprint density at radius 3 is 2.56 bits per heavy atom. The Hall–Kier alpha value is -2.73. The van der Waals surface area contributed by atoms with Crippen molar-refractivity contribution in [3.05, 3.63) is 60.2 Å². The van der Waals surface area contributed by atoms with Gasteiger partial charge in [0.05, 0.1) is 0 Å². The standard InChI is InChI=1S/C19H19N3O2S/c1-3-15(24-16-12-8-7-9-13(16)2)17(23)20-19-22-21-18(25-19)14-10-5-4-6-11-14/h4-12,15H,3H2,1-2H3,(H,20,22,23)/t15-/m0/s1. The summed E-state index contributed by atoms with van der Waals surface area (Å²) in [6, 6.07) is 17.4. The van der Waals surface area contributed by atoms with Crippen molar-refractivity contribution in [1.29, 1.82) is 0 Å². The highest BCUT2D eigenvalue weighted by molar-refractivity contribution is 7.18. The number of benzene rings is 2. The second-order valence-corrected chi connectivity index (χ2v) is 6.53. The van der Waals surface area contributed by atoms with Crippen LogP contribution in [0.3, 0.4) is 0 Å². The molecule has 1 heterocycles. The molecule has 0 spiro atoms. The predicted molar refractivity (Wildman–Crippen MR) is 99.9 cm³/mol. The molecule has 1 atom stereocenters. The molecule has 128 valence electrons. The average molecular weight is 353 g/mol.